The number of halogens is 1. The molecule has 1 aromatic rings. The first-order valence-corrected chi connectivity index (χ1v) is 18.7. The summed E-state index contributed by atoms with van der Waals surface area (Å²) >= 11 is 0. The third-order valence-corrected chi connectivity index (χ3v) is 11.6. The molecule has 0 spiro atoms. The summed E-state index contributed by atoms with van der Waals surface area (Å²) in [5.41, 5.74) is -1.35. The van der Waals surface area contributed by atoms with Crippen molar-refractivity contribution in [3.63, 3.8) is 0 Å². The van der Waals surface area contributed by atoms with E-state index in [9.17, 15) is 36.8 Å². The zero-order chi connectivity index (χ0) is 36.0. The summed E-state index contributed by atoms with van der Waals surface area (Å²) in [7, 11) is -3.91. The molecule has 50 heavy (non-hydrogen) atoms. The lowest BCUT2D eigenvalue weighted by Gasteiger charge is -2.30. The summed E-state index contributed by atoms with van der Waals surface area (Å²) in [4.78, 5) is 70.5. The van der Waals surface area contributed by atoms with Gasteiger partial charge in [-0.3, -0.25) is 24.0 Å². The number of hydrogen-bond donors (Lipinski definition) is 3. The van der Waals surface area contributed by atoms with Gasteiger partial charge < -0.3 is 25.0 Å². The molecule has 5 amide bonds. The Morgan fingerprint density at radius 3 is 2.54 bits per heavy atom. The van der Waals surface area contributed by atoms with Crippen molar-refractivity contribution >= 4 is 39.9 Å². The Balaban J connectivity index is 1.24. The molecule has 2 aliphatic carbocycles. The number of rotatable bonds is 5. The van der Waals surface area contributed by atoms with Crippen molar-refractivity contribution in [1.82, 2.24) is 25.2 Å². The van der Waals surface area contributed by atoms with Gasteiger partial charge in [-0.05, 0) is 70.9 Å². The Hall–Kier alpha value is -4.21. The van der Waals surface area contributed by atoms with Crippen LogP contribution in [0, 0.1) is 11.7 Å². The highest BCUT2D eigenvalue weighted by molar-refractivity contribution is 7.91. The van der Waals surface area contributed by atoms with Crippen LogP contribution in [0.3, 0.4) is 0 Å². The molecule has 1 aromatic carbocycles. The van der Waals surface area contributed by atoms with Gasteiger partial charge in [-0.15, -0.1) is 0 Å². The molecule has 1 saturated heterocycles. The average molecular weight is 718 g/mol. The maximum atomic E-state index is 14.4. The SMILES string of the molecule is CC(C)(C)OC(=O)N[C@H]1CCCC/C=C\[C@H]2C[C@@]2(C(=O)NS(=O)(=O)C2CC2)NC(=O)[C@@H]2C[C@@H](OC(=O)N3Cc4cccc(F)c4C3)CN2C1=O. The Kier molecular flexibility index (Phi) is 9.61. The Morgan fingerprint density at radius 1 is 1.08 bits per heavy atom. The number of carbonyl (C=O) groups excluding carboxylic acids is 5. The molecule has 3 aliphatic heterocycles. The third-order valence-electron chi connectivity index (χ3n) is 9.74. The van der Waals surface area contributed by atoms with Crippen LogP contribution >= 0.6 is 0 Å². The van der Waals surface area contributed by atoms with Crippen LogP contribution in [0.2, 0.25) is 0 Å². The van der Waals surface area contributed by atoms with Crippen LogP contribution in [0.15, 0.2) is 30.4 Å². The van der Waals surface area contributed by atoms with E-state index in [0.29, 0.717) is 43.2 Å². The number of alkyl carbamates (subject to hydrolysis) is 1. The molecule has 272 valence electrons. The Labute approximate surface area is 290 Å². The first-order valence-electron chi connectivity index (χ1n) is 17.1. The second-order valence-electron chi connectivity index (χ2n) is 14.8. The second kappa shape index (κ2) is 13.5. The molecular formula is C34H44FN5O9S. The van der Waals surface area contributed by atoms with Gasteiger partial charge in [-0.1, -0.05) is 30.7 Å². The highest BCUT2D eigenvalue weighted by atomic mass is 32.2. The molecular weight excluding hydrogens is 673 g/mol. The van der Waals surface area contributed by atoms with Crippen LogP contribution in [0.4, 0.5) is 14.0 Å². The fraction of sp³-hybridized carbons (Fsp3) is 0.618. The molecule has 6 rings (SSSR count). The van der Waals surface area contributed by atoms with Gasteiger partial charge in [-0.25, -0.2) is 22.4 Å². The number of hydrogen-bond acceptors (Lipinski definition) is 9. The van der Waals surface area contributed by atoms with Crippen molar-refractivity contribution in [2.45, 2.75) is 120 Å². The van der Waals surface area contributed by atoms with E-state index in [2.05, 4.69) is 15.4 Å². The standard InChI is InChI=1S/C34H44FN5O9S/c1-33(2,3)49-31(44)36-26-12-7-5-4-6-10-21-16-34(21,30(43)38-50(46,47)23-13-14-23)37-28(41)27-15-22(18-40(27)29(26)42)48-32(45)39-17-20-9-8-11-25(35)24(20)19-39/h6,8-11,21-23,26-27H,4-5,7,12-19H2,1-3H3,(H,36,44)(H,37,41)(H,38,43)/b10-6-/t21-,22+,26-,27-,34+/m0/s1. The zero-order valence-corrected chi connectivity index (χ0v) is 29.2. The van der Waals surface area contributed by atoms with Crippen molar-refractivity contribution in [2.75, 3.05) is 6.54 Å². The summed E-state index contributed by atoms with van der Waals surface area (Å²) in [5, 5.41) is 4.76. The van der Waals surface area contributed by atoms with E-state index in [1.165, 1.54) is 15.9 Å². The molecule has 0 bridgehead atoms. The monoisotopic (exact) mass is 717 g/mol. The molecule has 5 aliphatic rings. The number of nitrogens with zero attached hydrogens (tertiary/aromatic N) is 2. The number of nitrogens with one attached hydrogen (secondary N) is 3. The normalized spacial score (nSPS) is 29.0. The van der Waals surface area contributed by atoms with Crippen molar-refractivity contribution in [2.24, 2.45) is 5.92 Å². The van der Waals surface area contributed by atoms with Crippen LogP contribution in [0.25, 0.3) is 0 Å². The number of fused-ring (bicyclic) bond motifs is 3. The molecule has 16 heteroatoms. The predicted molar refractivity (Wildman–Crippen MR) is 176 cm³/mol. The van der Waals surface area contributed by atoms with E-state index in [1.807, 2.05) is 6.08 Å². The van der Waals surface area contributed by atoms with Crippen molar-refractivity contribution < 1.29 is 46.3 Å². The van der Waals surface area contributed by atoms with Crippen molar-refractivity contribution in [3.05, 3.63) is 47.3 Å². The van der Waals surface area contributed by atoms with Gasteiger partial charge in [0.25, 0.3) is 5.91 Å². The van der Waals surface area contributed by atoms with Crippen LogP contribution in [0.1, 0.15) is 83.3 Å². The maximum Gasteiger partial charge on any atom is 0.410 e. The topological polar surface area (TPSA) is 181 Å². The number of sulfonamides is 1. The van der Waals surface area contributed by atoms with Gasteiger partial charge in [0.15, 0.2) is 0 Å². The number of ether oxygens (including phenoxy) is 2. The lowest BCUT2D eigenvalue weighted by Crippen LogP contribution is -2.58. The van der Waals surface area contributed by atoms with Crippen LogP contribution in [-0.2, 0) is 47.0 Å². The molecule has 0 unspecified atom stereocenters. The lowest BCUT2D eigenvalue weighted by atomic mass is 10.0. The highest BCUT2D eigenvalue weighted by Gasteiger charge is 2.62. The fourth-order valence-corrected chi connectivity index (χ4v) is 8.21. The van der Waals surface area contributed by atoms with Gasteiger partial charge in [0.1, 0.15) is 35.1 Å². The van der Waals surface area contributed by atoms with Crippen LogP contribution < -0.4 is 15.4 Å². The first-order chi connectivity index (χ1) is 23.6. The summed E-state index contributed by atoms with van der Waals surface area (Å²) in [6.07, 6.45) is 4.08. The quantitative estimate of drug-likeness (QED) is 0.386. The maximum absolute atomic E-state index is 14.4. The minimum absolute atomic E-state index is 0.00168. The predicted octanol–water partition coefficient (Wildman–Crippen LogP) is 2.75. The number of amides is 5. The number of allylic oxidation sites excluding steroid dienone is 1. The highest BCUT2D eigenvalue weighted by Crippen LogP contribution is 2.46. The van der Waals surface area contributed by atoms with Gasteiger partial charge >= 0.3 is 12.2 Å². The van der Waals surface area contributed by atoms with Gasteiger partial charge in [-0.2, -0.15) is 0 Å². The molecule has 5 atom stereocenters. The molecule has 2 saturated carbocycles. The second-order valence-corrected chi connectivity index (χ2v) is 16.8. The molecule has 0 radical (unpaired) electrons. The van der Waals surface area contributed by atoms with Gasteiger partial charge in [0.05, 0.1) is 18.3 Å². The van der Waals surface area contributed by atoms with E-state index >= 15 is 0 Å². The van der Waals surface area contributed by atoms with Crippen molar-refractivity contribution in [1.29, 1.82) is 0 Å². The molecule has 3 heterocycles. The molecule has 14 nitrogen and oxygen atoms in total. The minimum Gasteiger partial charge on any atom is -0.444 e. The summed E-state index contributed by atoms with van der Waals surface area (Å²) < 4.78 is 53.1. The van der Waals surface area contributed by atoms with Crippen LogP contribution in [0.5, 0.6) is 0 Å². The smallest absolute Gasteiger partial charge is 0.410 e. The Morgan fingerprint density at radius 2 is 1.84 bits per heavy atom. The van der Waals surface area contributed by atoms with E-state index in [0.717, 1.165) is 0 Å². The summed E-state index contributed by atoms with van der Waals surface area (Å²) in [5.74, 6) is -3.07. The average Bonchev–Trinajstić information content (AvgIpc) is 3.91. The third kappa shape index (κ3) is 7.74. The minimum atomic E-state index is -3.91. The molecule has 3 fully saturated rings. The van der Waals surface area contributed by atoms with Gasteiger partial charge in [0, 0.05) is 24.4 Å². The van der Waals surface area contributed by atoms with Crippen LogP contribution in [-0.4, -0.2) is 89.2 Å². The lowest BCUT2D eigenvalue weighted by molar-refractivity contribution is -0.141. The Bertz CT molecular complexity index is 1710. The van der Waals surface area contributed by atoms with Crippen molar-refractivity contribution in [3.8, 4) is 0 Å². The number of benzene rings is 1. The molecule has 3 N–H and O–H groups in total. The zero-order valence-electron chi connectivity index (χ0n) is 28.4. The summed E-state index contributed by atoms with van der Waals surface area (Å²) in [6, 6.07) is 2.29. The van der Waals surface area contributed by atoms with E-state index in [4.69, 9.17) is 9.47 Å². The molecule has 0 aromatic heterocycles. The first kappa shape index (κ1) is 35.6. The van der Waals surface area contributed by atoms with E-state index in [1.54, 1.807) is 39.0 Å². The summed E-state index contributed by atoms with van der Waals surface area (Å²) in [6.45, 7) is 5.00. The largest absolute Gasteiger partial charge is 0.444 e. The number of carbonyl (C=O) groups is 5. The van der Waals surface area contributed by atoms with Gasteiger partial charge in [0.2, 0.25) is 21.8 Å². The fourth-order valence-electron chi connectivity index (χ4n) is 6.85. The van der Waals surface area contributed by atoms with E-state index in [-0.39, 0.29) is 38.9 Å². The van der Waals surface area contributed by atoms with E-state index < -0.39 is 86.2 Å².